The van der Waals surface area contributed by atoms with Gasteiger partial charge in [-0.05, 0) is 46.5 Å². The molecule has 0 aromatic rings. The molecule has 0 aromatic carbocycles. The van der Waals surface area contributed by atoms with Gasteiger partial charge >= 0.3 is 12.1 Å². The van der Waals surface area contributed by atoms with Crippen LogP contribution in [0, 0.1) is 5.92 Å². The average Bonchev–Trinajstić information content (AvgIpc) is 2.57. The summed E-state index contributed by atoms with van der Waals surface area (Å²) in [4.78, 5) is 48.2. The van der Waals surface area contributed by atoms with Crippen molar-refractivity contribution in [2.75, 3.05) is 6.54 Å². The highest BCUT2D eigenvalue weighted by atomic mass is 16.6. The number of rotatable bonds is 6. The van der Waals surface area contributed by atoms with E-state index >= 15 is 0 Å². The van der Waals surface area contributed by atoms with Crippen molar-refractivity contribution in [1.29, 1.82) is 0 Å². The quantitative estimate of drug-likeness (QED) is 0.513. The second-order valence-corrected chi connectivity index (χ2v) is 8.25. The van der Waals surface area contributed by atoms with E-state index in [0.29, 0.717) is 19.4 Å². The van der Waals surface area contributed by atoms with Crippen LogP contribution in [0.25, 0.3) is 0 Å². The molecule has 0 saturated carbocycles. The zero-order valence-corrected chi connectivity index (χ0v) is 17.4. The van der Waals surface area contributed by atoms with Crippen LogP contribution in [0.2, 0.25) is 0 Å². The molecule has 1 rings (SSSR count). The van der Waals surface area contributed by atoms with Gasteiger partial charge in [0.05, 0.1) is 0 Å². The Kier molecular flexibility index (Phi) is 8.22. The average molecular weight is 400 g/mol. The van der Waals surface area contributed by atoms with Crippen LogP contribution in [0.4, 0.5) is 4.79 Å². The molecule has 2 unspecified atom stereocenters. The molecule has 3 amide bonds. The number of carboxylic acid groups (broad SMARTS) is 1. The maximum atomic E-state index is 12.6. The number of alkyl carbamates (subject to hydrolysis) is 1. The van der Waals surface area contributed by atoms with Crippen molar-refractivity contribution in [3.63, 3.8) is 0 Å². The number of nitrogens with one attached hydrogen (secondary N) is 3. The van der Waals surface area contributed by atoms with E-state index in [-0.39, 0.29) is 5.92 Å². The molecule has 0 radical (unpaired) electrons. The number of carboxylic acids is 1. The maximum absolute atomic E-state index is 12.6. The third kappa shape index (κ3) is 7.34. The second kappa shape index (κ2) is 9.72. The summed E-state index contributed by atoms with van der Waals surface area (Å²) in [7, 11) is 0. The van der Waals surface area contributed by atoms with Crippen molar-refractivity contribution in [1.82, 2.24) is 21.1 Å². The van der Waals surface area contributed by atoms with E-state index in [2.05, 4.69) is 16.1 Å². The fourth-order valence-electron chi connectivity index (χ4n) is 2.69. The first kappa shape index (κ1) is 23.7. The van der Waals surface area contributed by atoms with Crippen LogP contribution in [0.1, 0.15) is 54.4 Å². The zero-order valence-electron chi connectivity index (χ0n) is 17.4. The fraction of sp³-hybridized carbons (Fsp3) is 0.778. The van der Waals surface area contributed by atoms with Crippen LogP contribution >= 0.6 is 0 Å². The predicted molar refractivity (Wildman–Crippen MR) is 101 cm³/mol. The van der Waals surface area contributed by atoms with Gasteiger partial charge in [0.1, 0.15) is 23.7 Å². The molecule has 10 nitrogen and oxygen atoms in total. The van der Waals surface area contributed by atoms with Crippen molar-refractivity contribution in [2.45, 2.75) is 78.1 Å². The number of carbonyl (C=O) groups is 4. The van der Waals surface area contributed by atoms with Crippen molar-refractivity contribution in [3.8, 4) is 0 Å². The van der Waals surface area contributed by atoms with Gasteiger partial charge in [0.2, 0.25) is 5.91 Å². The van der Waals surface area contributed by atoms with Crippen molar-refractivity contribution < 1.29 is 29.0 Å². The van der Waals surface area contributed by atoms with E-state index < -0.39 is 47.6 Å². The summed E-state index contributed by atoms with van der Waals surface area (Å²) in [6.45, 7) is 10.5. The first-order valence-corrected chi connectivity index (χ1v) is 9.42. The smallest absolute Gasteiger partial charge is 0.408 e. The summed E-state index contributed by atoms with van der Waals surface area (Å²) in [5.74, 6) is -2.23. The molecule has 1 fully saturated rings. The molecule has 4 N–H and O–H groups in total. The number of hydrogen-bond donors (Lipinski definition) is 4. The summed E-state index contributed by atoms with van der Waals surface area (Å²) in [6.07, 6.45) is 0.252. The molecule has 0 aromatic heterocycles. The number of nitrogens with zero attached hydrogens (tertiary/aromatic N) is 1. The minimum absolute atomic E-state index is 0.237. The van der Waals surface area contributed by atoms with Gasteiger partial charge in [-0.2, -0.15) is 0 Å². The summed E-state index contributed by atoms with van der Waals surface area (Å²) < 4.78 is 5.18. The summed E-state index contributed by atoms with van der Waals surface area (Å²) >= 11 is 0. The lowest BCUT2D eigenvalue weighted by Gasteiger charge is -2.34. The Morgan fingerprint density at radius 3 is 2.25 bits per heavy atom. The minimum Gasteiger partial charge on any atom is -0.480 e. The lowest BCUT2D eigenvalue weighted by Crippen LogP contribution is -2.60. The number of hydrogen-bond acceptors (Lipinski definition) is 6. The standard InChI is InChI=1S/C18H32N4O6/c1-10(2)13(20-17(27)28-18(4,5)6)14(23)19-11(3)15(24)22-9-7-8-12(21-22)16(25)26/h10-13,21H,7-9H2,1-6H3,(H,19,23)(H,20,27)(H,25,26)/t11-,12?,13?/m0/s1. The van der Waals surface area contributed by atoms with Crippen LogP contribution < -0.4 is 16.1 Å². The molecule has 28 heavy (non-hydrogen) atoms. The van der Waals surface area contributed by atoms with Gasteiger partial charge in [-0.25, -0.2) is 10.2 Å². The summed E-state index contributed by atoms with van der Waals surface area (Å²) in [6, 6.07) is -2.61. The molecule has 1 aliphatic rings. The van der Waals surface area contributed by atoms with E-state index in [1.807, 2.05) is 0 Å². The van der Waals surface area contributed by atoms with E-state index in [9.17, 15) is 19.2 Å². The van der Waals surface area contributed by atoms with Crippen LogP contribution in [0.15, 0.2) is 0 Å². The lowest BCUT2D eigenvalue weighted by atomic mass is 10.0. The topological polar surface area (TPSA) is 137 Å². The SMILES string of the molecule is CC(C)C(NC(=O)OC(C)(C)C)C(=O)N[C@@H](C)C(=O)N1CCCC(C(=O)O)N1. The highest BCUT2D eigenvalue weighted by molar-refractivity contribution is 5.91. The van der Waals surface area contributed by atoms with Gasteiger partial charge < -0.3 is 20.5 Å². The van der Waals surface area contributed by atoms with Gasteiger partial charge in [0.15, 0.2) is 0 Å². The van der Waals surface area contributed by atoms with Crippen LogP contribution in [-0.2, 0) is 19.1 Å². The number of hydrazine groups is 1. The third-order valence-electron chi connectivity index (χ3n) is 4.10. The second-order valence-electron chi connectivity index (χ2n) is 8.25. The van der Waals surface area contributed by atoms with Crippen LogP contribution in [0.5, 0.6) is 0 Å². The zero-order chi connectivity index (χ0) is 21.6. The number of aliphatic carboxylic acids is 1. The number of carbonyl (C=O) groups excluding carboxylic acids is 3. The molecule has 10 heteroatoms. The van der Waals surface area contributed by atoms with Gasteiger partial charge in [-0.15, -0.1) is 0 Å². The Morgan fingerprint density at radius 2 is 1.75 bits per heavy atom. The Hall–Kier alpha value is -2.36. The van der Waals surface area contributed by atoms with E-state index in [1.165, 1.54) is 11.9 Å². The molecule has 1 saturated heterocycles. The highest BCUT2D eigenvalue weighted by Gasteiger charge is 2.33. The first-order chi connectivity index (χ1) is 12.8. The summed E-state index contributed by atoms with van der Waals surface area (Å²) in [5, 5.41) is 15.4. The molecule has 0 aliphatic carbocycles. The highest BCUT2D eigenvalue weighted by Crippen LogP contribution is 2.11. The lowest BCUT2D eigenvalue weighted by molar-refractivity contribution is -0.148. The molecule has 1 aliphatic heterocycles. The Bertz CT molecular complexity index is 601. The molecule has 3 atom stereocenters. The molecule has 1 heterocycles. The predicted octanol–water partition coefficient (Wildman–Crippen LogP) is 0.621. The van der Waals surface area contributed by atoms with Gasteiger partial charge in [-0.1, -0.05) is 13.8 Å². The van der Waals surface area contributed by atoms with Gasteiger partial charge in [-0.3, -0.25) is 19.4 Å². The molecule has 0 spiro atoms. The molecule has 0 bridgehead atoms. The van der Waals surface area contributed by atoms with E-state index in [4.69, 9.17) is 9.84 Å². The molecular formula is C18H32N4O6. The summed E-state index contributed by atoms with van der Waals surface area (Å²) in [5.41, 5.74) is 1.96. The van der Waals surface area contributed by atoms with Crippen LogP contribution in [0.3, 0.4) is 0 Å². The van der Waals surface area contributed by atoms with Crippen molar-refractivity contribution in [3.05, 3.63) is 0 Å². The Labute approximate surface area is 165 Å². The van der Waals surface area contributed by atoms with Gasteiger partial charge in [0.25, 0.3) is 5.91 Å². The number of ether oxygens (including phenoxy) is 1. The van der Waals surface area contributed by atoms with E-state index in [0.717, 1.165) is 0 Å². The number of amides is 3. The van der Waals surface area contributed by atoms with Gasteiger partial charge in [0, 0.05) is 6.54 Å². The normalized spacial score (nSPS) is 19.5. The Morgan fingerprint density at radius 1 is 1.14 bits per heavy atom. The monoisotopic (exact) mass is 400 g/mol. The van der Waals surface area contributed by atoms with Crippen molar-refractivity contribution >= 4 is 23.9 Å². The largest absolute Gasteiger partial charge is 0.480 e. The van der Waals surface area contributed by atoms with Crippen molar-refractivity contribution in [2.24, 2.45) is 5.92 Å². The van der Waals surface area contributed by atoms with Crippen LogP contribution in [-0.4, -0.2) is 64.3 Å². The molecule has 160 valence electrons. The maximum Gasteiger partial charge on any atom is 0.408 e. The van der Waals surface area contributed by atoms with E-state index in [1.54, 1.807) is 34.6 Å². The first-order valence-electron chi connectivity index (χ1n) is 9.42. The molecular weight excluding hydrogens is 368 g/mol. The minimum atomic E-state index is -1.03. The third-order valence-corrected chi connectivity index (χ3v) is 4.10. The Balaban J connectivity index is 2.69. The fourth-order valence-corrected chi connectivity index (χ4v) is 2.69.